The molecule has 1 rings (SSSR count). The zero-order chi connectivity index (χ0) is 12.7. The molecule has 1 aromatic rings. The van der Waals surface area contributed by atoms with Gasteiger partial charge >= 0.3 is 0 Å². The van der Waals surface area contributed by atoms with Gasteiger partial charge in [0.1, 0.15) is 5.75 Å². The van der Waals surface area contributed by atoms with Gasteiger partial charge < -0.3 is 9.64 Å². The van der Waals surface area contributed by atoms with Crippen LogP contribution >= 0.6 is 22.9 Å². The Balaban J connectivity index is 2.68. The minimum atomic E-state index is 0.0485. The van der Waals surface area contributed by atoms with Crippen molar-refractivity contribution < 1.29 is 9.53 Å². The molecule has 1 amide bonds. The smallest absolute Gasteiger partial charge is 0.264 e. The number of amides is 1. The third-order valence-electron chi connectivity index (χ3n) is 2.45. The molecule has 0 atom stereocenters. The topological polar surface area (TPSA) is 29.5 Å². The fourth-order valence-corrected chi connectivity index (χ4v) is 2.49. The van der Waals surface area contributed by atoms with Crippen LogP contribution in [0.4, 0.5) is 0 Å². The fraction of sp³-hybridized carbons (Fsp3) is 0.583. The van der Waals surface area contributed by atoms with Crippen LogP contribution in [0.25, 0.3) is 0 Å². The molecule has 0 aliphatic rings. The van der Waals surface area contributed by atoms with Crippen molar-refractivity contribution in [1.29, 1.82) is 0 Å². The van der Waals surface area contributed by atoms with E-state index in [1.54, 1.807) is 13.2 Å². The average molecular weight is 276 g/mol. The molecule has 0 aromatic carbocycles. The molecular formula is C12H18ClNO2S. The van der Waals surface area contributed by atoms with Crippen LogP contribution < -0.4 is 4.74 Å². The Kier molecular flexibility index (Phi) is 6.37. The molecule has 0 saturated heterocycles. The van der Waals surface area contributed by atoms with E-state index >= 15 is 0 Å². The van der Waals surface area contributed by atoms with Crippen LogP contribution in [0.3, 0.4) is 0 Å². The lowest BCUT2D eigenvalue weighted by molar-refractivity contribution is 0.0768. The van der Waals surface area contributed by atoms with Gasteiger partial charge in [0, 0.05) is 30.4 Å². The first-order chi connectivity index (χ1) is 8.22. The lowest BCUT2D eigenvalue weighted by Gasteiger charge is -2.20. The fourth-order valence-electron chi connectivity index (χ4n) is 1.46. The molecule has 0 N–H and O–H groups in total. The molecule has 3 nitrogen and oxygen atoms in total. The molecular weight excluding hydrogens is 258 g/mol. The Bertz CT molecular complexity index is 354. The van der Waals surface area contributed by atoms with E-state index in [0.29, 0.717) is 17.3 Å². The van der Waals surface area contributed by atoms with E-state index in [1.165, 1.54) is 11.3 Å². The van der Waals surface area contributed by atoms with E-state index in [9.17, 15) is 4.79 Å². The summed E-state index contributed by atoms with van der Waals surface area (Å²) in [5.74, 6) is 1.25. The molecule has 5 heteroatoms. The zero-order valence-corrected chi connectivity index (χ0v) is 11.8. The highest BCUT2D eigenvalue weighted by atomic mass is 35.5. The quantitative estimate of drug-likeness (QED) is 0.715. The number of ether oxygens (including phenoxy) is 1. The van der Waals surface area contributed by atoms with Crippen LogP contribution in [0.5, 0.6) is 5.75 Å². The monoisotopic (exact) mass is 275 g/mol. The van der Waals surface area contributed by atoms with Gasteiger partial charge in [-0.1, -0.05) is 13.3 Å². The minimum absolute atomic E-state index is 0.0485. The van der Waals surface area contributed by atoms with Crippen LogP contribution in [0, 0.1) is 0 Å². The lowest BCUT2D eigenvalue weighted by atomic mass is 10.3. The highest BCUT2D eigenvalue weighted by Gasteiger charge is 2.16. The lowest BCUT2D eigenvalue weighted by Crippen LogP contribution is -2.33. The summed E-state index contributed by atoms with van der Waals surface area (Å²) in [6, 6.07) is 1.78. The Morgan fingerprint density at radius 1 is 1.53 bits per heavy atom. The maximum Gasteiger partial charge on any atom is 0.264 e. The van der Waals surface area contributed by atoms with Gasteiger partial charge in [0.25, 0.3) is 5.91 Å². The first-order valence-electron chi connectivity index (χ1n) is 5.70. The molecule has 0 saturated carbocycles. The van der Waals surface area contributed by atoms with Crippen molar-refractivity contribution in [2.45, 2.75) is 19.8 Å². The Labute approximate surface area is 111 Å². The van der Waals surface area contributed by atoms with Gasteiger partial charge in [-0.3, -0.25) is 4.79 Å². The van der Waals surface area contributed by atoms with Crippen LogP contribution in [0.2, 0.25) is 0 Å². The summed E-state index contributed by atoms with van der Waals surface area (Å²) in [6.45, 7) is 3.47. The largest absolute Gasteiger partial charge is 0.496 e. The van der Waals surface area contributed by atoms with Crippen LogP contribution in [-0.2, 0) is 0 Å². The molecule has 0 bridgehead atoms. The third kappa shape index (κ3) is 4.21. The number of unbranched alkanes of at least 4 members (excludes halogenated alkanes) is 1. The second kappa shape index (κ2) is 7.56. The molecule has 96 valence electrons. The summed E-state index contributed by atoms with van der Waals surface area (Å²) in [7, 11) is 1.60. The molecule has 0 fully saturated rings. The van der Waals surface area contributed by atoms with Crippen molar-refractivity contribution in [1.82, 2.24) is 4.90 Å². The Hall–Kier alpha value is -0.740. The van der Waals surface area contributed by atoms with E-state index < -0.39 is 0 Å². The van der Waals surface area contributed by atoms with Gasteiger partial charge in [-0.2, -0.15) is 0 Å². The van der Waals surface area contributed by atoms with Crippen molar-refractivity contribution in [3.63, 3.8) is 0 Å². The standard InChI is InChI=1S/C12H18ClNO2S/c1-3-4-6-14(7-5-13)12(15)11-8-10(16-2)9-17-11/h8-9H,3-7H2,1-2H3. The zero-order valence-electron chi connectivity index (χ0n) is 10.2. The van der Waals surface area contributed by atoms with E-state index in [-0.39, 0.29) is 5.91 Å². The molecule has 1 heterocycles. The molecule has 1 aromatic heterocycles. The number of rotatable bonds is 7. The second-order valence-corrected chi connectivity index (χ2v) is 4.97. The summed E-state index contributed by atoms with van der Waals surface area (Å²) < 4.78 is 5.08. The van der Waals surface area contributed by atoms with Crippen molar-refractivity contribution in [3.8, 4) is 5.75 Å². The van der Waals surface area contributed by atoms with Crippen LogP contribution in [0.1, 0.15) is 29.4 Å². The number of carbonyl (C=O) groups excluding carboxylic acids is 1. The number of thiophene rings is 1. The Morgan fingerprint density at radius 3 is 2.82 bits per heavy atom. The number of alkyl halides is 1. The summed E-state index contributed by atoms with van der Waals surface area (Å²) in [5.41, 5.74) is 0. The van der Waals surface area contributed by atoms with Gasteiger partial charge in [-0.15, -0.1) is 22.9 Å². The predicted octanol–water partition coefficient (Wildman–Crippen LogP) is 3.24. The van der Waals surface area contributed by atoms with Crippen molar-refractivity contribution in [3.05, 3.63) is 16.3 Å². The number of hydrogen-bond acceptors (Lipinski definition) is 3. The van der Waals surface area contributed by atoms with E-state index in [2.05, 4.69) is 6.92 Å². The average Bonchev–Trinajstić information content (AvgIpc) is 2.82. The number of hydrogen-bond donors (Lipinski definition) is 0. The molecule has 0 radical (unpaired) electrons. The number of nitrogens with zero attached hydrogens (tertiary/aromatic N) is 1. The van der Waals surface area contributed by atoms with Crippen LogP contribution in [-0.4, -0.2) is 36.9 Å². The summed E-state index contributed by atoms with van der Waals surface area (Å²) in [5, 5.41) is 1.84. The maximum atomic E-state index is 12.2. The number of methoxy groups -OCH3 is 1. The number of halogens is 1. The van der Waals surface area contributed by atoms with E-state index in [1.807, 2.05) is 10.3 Å². The molecule has 0 spiro atoms. The number of carbonyl (C=O) groups is 1. The second-order valence-electron chi connectivity index (χ2n) is 3.69. The Morgan fingerprint density at radius 2 is 2.29 bits per heavy atom. The molecule has 0 aliphatic carbocycles. The third-order valence-corrected chi connectivity index (χ3v) is 3.51. The first-order valence-corrected chi connectivity index (χ1v) is 7.12. The van der Waals surface area contributed by atoms with Gasteiger partial charge in [-0.05, 0) is 6.42 Å². The molecule has 0 aliphatic heterocycles. The van der Waals surface area contributed by atoms with Gasteiger partial charge in [0.2, 0.25) is 0 Å². The normalized spacial score (nSPS) is 10.3. The highest BCUT2D eigenvalue weighted by Crippen LogP contribution is 2.22. The van der Waals surface area contributed by atoms with E-state index in [4.69, 9.17) is 16.3 Å². The SMILES string of the molecule is CCCCN(CCCl)C(=O)c1cc(OC)cs1. The summed E-state index contributed by atoms with van der Waals surface area (Å²) in [4.78, 5) is 14.7. The van der Waals surface area contributed by atoms with Crippen molar-refractivity contribution >= 4 is 28.8 Å². The predicted molar refractivity (Wildman–Crippen MR) is 72.4 cm³/mol. The van der Waals surface area contributed by atoms with E-state index in [0.717, 1.165) is 25.1 Å². The minimum Gasteiger partial charge on any atom is -0.496 e. The summed E-state index contributed by atoms with van der Waals surface area (Å²) in [6.07, 6.45) is 2.07. The summed E-state index contributed by atoms with van der Waals surface area (Å²) >= 11 is 7.13. The van der Waals surface area contributed by atoms with Crippen LogP contribution in [0.15, 0.2) is 11.4 Å². The van der Waals surface area contributed by atoms with Gasteiger partial charge in [-0.25, -0.2) is 0 Å². The molecule has 17 heavy (non-hydrogen) atoms. The van der Waals surface area contributed by atoms with Crippen molar-refractivity contribution in [2.75, 3.05) is 26.1 Å². The first kappa shape index (κ1) is 14.3. The molecule has 0 unspecified atom stereocenters. The van der Waals surface area contributed by atoms with Crippen molar-refractivity contribution in [2.24, 2.45) is 0 Å². The van der Waals surface area contributed by atoms with Gasteiger partial charge in [0.05, 0.1) is 12.0 Å². The van der Waals surface area contributed by atoms with Gasteiger partial charge in [0.15, 0.2) is 0 Å². The maximum absolute atomic E-state index is 12.2. The highest BCUT2D eigenvalue weighted by molar-refractivity contribution is 7.12.